The summed E-state index contributed by atoms with van der Waals surface area (Å²) in [5, 5.41) is 8.79. The summed E-state index contributed by atoms with van der Waals surface area (Å²) in [6.45, 7) is 6.25. The summed E-state index contributed by atoms with van der Waals surface area (Å²) in [5.74, 6) is -0.167. The minimum atomic E-state index is -0.933. The molecule has 4 nitrogen and oxygen atoms in total. The number of hydrogen-bond acceptors (Lipinski definition) is 2. The second-order valence-corrected chi connectivity index (χ2v) is 5.13. The molecule has 1 rings (SSSR count). The van der Waals surface area contributed by atoms with Crippen molar-refractivity contribution in [3.8, 4) is 0 Å². The van der Waals surface area contributed by atoms with Crippen LogP contribution in [0.2, 0.25) is 0 Å². The molecule has 0 saturated heterocycles. The van der Waals surface area contributed by atoms with Gasteiger partial charge in [-0.2, -0.15) is 0 Å². The van der Waals surface area contributed by atoms with E-state index in [2.05, 4.69) is 0 Å². The van der Waals surface area contributed by atoms with Crippen molar-refractivity contribution in [1.82, 2.24) is 4.90 Å². The van der Waals surface area contributed by atoms with Crippen molar-refractivity contribution >= 4 is 11.9 Å². The van der Waals surface area contributed by atoms with E-state index >= 15 is 0 Å². The molecule has 1 unspecified atom stereocenters. The lowest BCUT2D eigenvalue weighted by molar-refractivity contribution is -0.146. The predicted octanol–water partition coefficient (Wildman–Crippen LogP) is 1.60. The molecule has 1 aliphatic carbocycles. The zero-order valence-corrected chi connectivity index (χ0v) is 10.3. The lowest BCUT2D eigenvalue weighted by Gasteiger charge is -2.25. The molecule has 92 valence electrons. The van der Waals surface area contributed by atoms with Gasteiger partial charge in [-0.15, -0.1) is 0 Å². The minimum absolute atomic E-state index is 0.00130. The van der Waals surface area contributed by atoms with Gasteiger partial charge in [0.1, 0.15) is 6.54 Å². The zero-order valence-electron chi connectivity index (χ0n) is 10.3. The van der Waals surface area contributed by atoms with Crippen molar-refractivity contribution < 1.29 is 14.7 Å². The van der Waals surface area contributed by atoms with Gasteiger partial charge in [0.2, 0.25) is 5.91 Å². The molecule has 1 N–H and O–H groups in total. The highest BCUT2D eigenvalue weighted by atomic mass is 16.4. The van der Waals surface area contributed by atoms with Gasteiger partial charge in [0, 0.05) is 12.5 Å². The van der Waals surface area contributed by atoms with Gasteiger partial charge in [-0.25, -0.2) is 0 Å². The summed E-state index contributed by atoms with van der Waals surface area (Å²) >= 11 is 0. The lowest BCUT2D eigenvalue weighted by Crippen LogP contribution is -2.41. The van der Waals surface area contributed by atoms with Crippen LogP contribution in [0.1, 0.15) is 33.6 Å². The van der Waals surface area contributed by atoms with Crippen molar-refractivity contribution in [2.75, 3.05) is 13.1 Å². The predicted molar refractivity (Wildman–Crippen MR) is 60.9 cm³/mol. The largest absolute Gasteiger partial charge is 0.480 e. The summed E-state index contributed by atoms with van der Waals surface area (Å²) in [5.41, 5.74) is 0. The molecule has 0 aromatic heterocycles. The average Bonchev–Trinajstić information content (AvgIpc) is 2.96. The minimum Gasteiger partial charge on any atom is -0.480 e. The number of hydrogen-bond donors (Lipinski definition) is 1. The maximum absolute atomic E-state index is 12.1. The van der Waals surface area contributed by atoms with Crippen LogP contribution in [0.25, 0.3) is 0 Å². The number of carboxylic acid groups (broad SMARTS) is 1. The Hall–Kier alpha value is -1.06. The molecule has 0 aliphatic heterocycles. The Kier molecular flexibility index (Phi) is 4.33. The van der Waals surface area contributed by atoms with E-state index in [1.54, 1.807) is 0 Å². The number of nitrogens with zero attached hydrogens (tertiary/aromatic N) is 1. The fourth-order valence-corrected chi connectivity index (χ4v) is 1.92. The summed E-state index contributed by atoms with van der Waals surface area (Å²) < 4.78 is 0. The first-order valence-corrected chi connectivity index (χ1v) is 5.92. The van der Waals surface area contributed by atoms with E-state index in [-0.39, 0.29) is 18.4 Å². The molecule has 0 aromatic rings. The van der Waals surface area contributed by atoms with Crippen LogP contribution in [-0.2, 0) is 9.59 Å². The molecule has 4 heteroatoms. The standard InChI is InChI=1S/C12H21NO3/c1-8(2)6-13(7-11(14)15)12(16)9(3)10-4-5-10/h8-10H,4-7H2,1-3H3,(H,14,15). The molecule has 1 aliphatic rings. The third-order valence-corrected chi connectivity index (χ3v) is 2.94. The van der Waals surface area contributed by atoms with Crippen molar-refractivity contribution in [2.24, 2.45) is 17.8 Å². The Bertz CT molecular complexity index is 271. The Balaban J connectivity index is 2.58. The van der Waals surface area contributed by atoms with Gasteiger partial charge in [-0.05, 0) is 24.7 Å². The molecule has 0 aromatic carbocycles. The van der Waals surface area contributed by atoms with E-state index in [1.807, 2.05) is 20.8 Å². The Morgan fingerprint density at radius 1 is 1.31 bits per heavy atom. The highest BCUT2D eigenvalue weighted by Gasteiger charge is 2.35. The first-order chi connectivity index (χ1) is 7.41. The van der Waals surface area contributed by atoms with E-state index in [0.29, 0.717) is 18.4 Å². The number of amides is 1. The molecule has 0 bridgehead atoms. The Morgan fingerprint density at radius 2 is 1.88 bits per heavy atom. The maximum atomic E-state index is 12.1. The van der Waals surface area contributed by atoms with Gasteiger partial charge in [0.15, 0.2) is 0 Å². The number of carboxylic acids is 1. The highest BCUT2D eigenvalue weighted by molar-refractivity contribution is 5.83. The van der Waals surface area contributed by atoms with Crippen molar-refractivity contribution in [2.45, 2.75) is 33.6 Å². The third-order valence-electron chi connectivity index (χ3n) is 2.94. The van der Waals surface area contributed by atoms with Crippen LogP contribution in [0, 0.1) is 17.8 Å². The van der Waals surface area contributed by atoms with E-state index in [0.717, 1.165) is 12.8 Å². The molecule has 0 spiro atoms. The SMILES string of the molecule is CC(C)CN(CC(=O)O)C(=O)C(C)C1CC1. The molecule has 0 heterocycles. The van der Waals surface area contributed by atoms with Crippen molar-refractivity contribution in [1.29, 1.82) is 0 Å². The van der Waals surface area contributed by atoms with E-state index in [1.165, 1.54) is 4.90 Å². The molecule has 1 amide bonds. The van der Waals surface area contributed by atoms with Crippen molar-refractivity contribution in [3.63, 3.8) is 0 Å². The summed E-state index contributed by atoms with van der Waals surface area (Å²) in [6, 6.07) is 0. The monoisotopic (exact) mass is 227 g/mol. The Labute approximate surface area is 96.6 Å². The summed E-state index contributed by atoms with van der Waals surface area (Å²) in [6.07, 6.45) is 2.21. The molecule has 1 saturated carbocycles. The lowest BCUT2D eigenvalue weighted by atomic mass is 10.0. The third kappa shape index (κ3) is 3.83. The Morgan fingerprint density at radius 3 is 2.25 bits per heavy atom. The molecule has 0 radical (unpaired) electrons. The molecular formula is C12H21NO3. The fourth-order valence-electron chi connectivity index (χ4n) is 1.92. The average molecular weight is 227 g/mol. The number of carbonyl (C=O) groups is 2. The second kappa shape index (κ2) is 5.32. The first-order valence-electron chi connectivity index (χ1n) is 5.92. The van der Waals surface area contributed by atoms with Crippen LogP contribution in [0.5, 0.6) is 0 Å². The molecule has 1 atom stereocenters. The van der Waals surface area contributed by atoms with Crippen LogP contribution < -0.4 is 0 Å². The molecule has 16 heavy (non-hydrogen) atoms. The molecule has 1 fully saturated rings. The number of aliphatic carboxylic acids is 1. The van der Waals surface area contributed by atoms with E-state index in [4.69, 9.17) is 5.11 Å². The van der Waals surface area contributed by atoms with Crippen LogP contribution >= 0.6 is 0 Å². The normalized spacial score (nSPS) is 17.2. The van der Waals surface area contributed by atoms with Gasteiger partial charge in [-0.1, -0.05) is 20.8 Å². The summed E-state index contributed by atoms with van der Waals surface area (Å²) in [4.78, 5) is 24.3. The smallest absolute Gasteiger partial charge is 0.323 e. The van der Waals surface area contributed by atoms with Crippen molar-refractivity contribution in [3.05, 3.63) is 0 Å². The fraction of sp³-hybridized carbons (Fsp3) is 0.833. The quantitative estimate of drug-likeness (QED) is 0.750. The highest BCUT2D eigenvalue weighted by Crippen LogP contribution is 2.37. The topological polar surface area (TPSA) is 57.6 Å². The van der Waals surface area contributed by atoms with Crippen LogP contribution in [-0.4, -0.2) is 35.0 Å². The molecular weight excluding hydrogens is 206 g/mol. The van der Waals surface area contributed by atoms with Gasteiger partial charge < -0.3 is 10.0 Å². The van der Waals surface area contributed by atoms with Gasteiger partial charge in [0.05, 0.1) is 0 Å². The number of rotatable bonds is 6. The van der Waals surface area contributed by atoms with Gasteiger partial charge in [-0.3, -0.25) is 9.59 Å². The van der Waals surface area contributed by atoms with Crippen LogP contribution in [0.15, 0.2) is 0 Å². The maximum Gasteiger partial charge on any atom is 0.323 e. The number of carbonyl (C=O) groups excluding carboxylic acids is 1. The van der Waals surface area contributed by atoms with E-state index < -0.39 is 5.97 Å². The van der Waals surface area contributed by atoms with Crippen LogP contribution in [0.4, 0.5) is 0 Å². The van der Waals surface area contributed by atoms with Gasteiger partial charge >= 0.3 is 5.97 Å². The summed E-state index contributed by atoms with van der Waals surface area (Å²) in [7, 11) is 0. The zero-order chi connectivity index (χ0) is 12.3. The van der Waals surface area contributed by atoms with Gasteiger partial charge in [0.25, 0.3) is 0 Å². The van der Waals surface area contributed by atoms with Crippen LogP contribution in [0.3, 0.4) is 0 Å². The first kappa shape index (κ1) is 13.0. The van der Waals surface area contributed by atoms with E-state index in [9.17, 15) is 9.59 Å². The second-order valence-electron chi connectivity index (χ2n) is 5.13.